The number of methoxy groups -OCH3 is 1. The summed E-state index contributed by atoms with van der Waals surface area (Å²) in [5.74, 6) is 1.18. The Balaban J connectivity index is 2.10. The van der Waals surface area contributed by atoms with E-state index >= 15 is 0 Å². The van der Waals surface area contributed by atoms with E-state index in [1.807, 2.05) is 18.2 Å². The van der Waals surface area contributed by atoms with Gasteiger partial charge in [-0.3, -0.25) is 0 Å². The fraction of sp³-hybridized carbons (Fsp3) is 0.176. The van der Waals surface area contributed by atoms with Crippen molar-refractivity contribution in [3.63, 3.8) is 0 Å². The zero-order valence-corrected chi connectivity index (χ0v) is 14.1. The molecule has 0 amide bonds. The number of halogens is 2. The fourth-order valence-corrected chi connectivity index (χ4v) is 2.45. The normalized spacial score (nSPS) is 10.2. The maximum absolute atomic E-state index is 9.56. The maximum atomic E-state index is 9.56. The van der Waals surface area contributed by atoms with Crippen molar-refractivity contribution in [1.29, 1.82) is 0 Å². The quantitative estimate of drug-likeness (QED) is 0.549. The summed E-state index contributed by atoms with van der Waals surface area (Å²) in [6.07, 6.45) is 1.67. The van der Waals surface area contributed by atoms with Gasteiger partial charge in [-0.05, 0) is 29.8 Å². The Labute approximate surface area is 145 Å². The zero-order chi connectivity index (χ0) is 16.8. The van der Waals surface area contributed by atoms with Gasteiger partial charge in [0.15, 0.2) is 17.2 Å². The van der Waals surface area contributed by atoms with Crippen LogP contribution in [0.1, 0.15) is 5.56 Å². The first kappa shape index (κ1) is 17.3. The summed E-state index contributed by atoms with van der Waals surface area (Å²) in [5, 5.41) is 13.1. The molecule has 0 saturated carbocycles. The lowest BCUT2D eigenvalue weighted by molar-refractivity contribution is 0.326. The molecule has 2 aromatic rings. The molecule has 122 valence electrons. The summed E-state index contributed by atoms with van der Waals surface area (Å²) in [6.45, 7) is 4.57. The van der Waals surface area contributed by atoms with E-state index in [1.165, 1.54) is 0 Å². The molecule has 6 heteroatoms. The summed E-state index contributed by atoms with van der Waals surface area (Å²) in [5.41, 5.74) is 1.71. The second kappa shape index (κ2) is 7.99. The molecule has 2 aromatic carbocycles. The van der Waals surface area contributed by atoms with Crippen molar-refractivity contribution in [3.8, 4) is 17.2 Å². The van der Waals surface area contributed by atoms with Crippen LogP contribution in [0.3, 0.4) is 0 Å². The molecule has 0 radical (unpaired) electrons. The SMILES string of the molecule is C=CCOc1ccc(CNc2cc(Cl)c(O)c(Cl)c2)cc1OC. The van der Waals surface area contributed by atoms with Gasteiger partial charge in [0, 0.05) is 12.2 Å². The first-order valence-electron chi connectivity index (χ1n) is 6.87. The van der Waals surface area contributed by atoms with Crippen LogP contribution in [0.15, 0.2) is 43.0 Å². The fourth-order valence-electron chi connectivity index (χ4n) is 1.96. The van der Waals surface area contributed by atoms with E-state index < -0.39 is 0 Å². The molecule has 0 fully saturated rings. The van der Waals surface area contributed by atoms with Gasteiger partial charge < -0.3 is 19.9 Å². The summed E-state index contributed by atoms with van der Waals surface area (Å²) in [7, 11) is 1.59. The molecule has 0 unspecified atom stereocenters. The molecule has 4 nitrogen and oxygen atoms in total. The minimum absolute atomic E-state index is 0.121. The highest BCUT2D eigenvalue weighted by atomic mass is 35.5. The number of aromatic hydroxyl groups is 1. The Morgan fingerprint density at radius 3 is 2.48 bits per heavy atom. The monoisotopic (exact) mass is 353 g/mol. The van der Waals surface area contributed by atoms with Crippen LogP contribution in [0, 0.1) is 0 Å². The van der Waals surface area contributed by atoms with Gasteiger partial charge in [0.1, 0.15) is 6.61 Å². The van der Waals surface area contributed by atoms with Gasteiger partial charge in [-0.25, -0.2) is 0 Å². The van der Waals surface area contributed by atoms with Crippen LogP contribution in [-0.2, 0) is 6.54 Å². The van der Waals surface area contributed by atoms with E-state index in [4.69, 9.17) is 32.7 Å². The van der Waals surface area contributed by atoms with Crippen LogP contribution in [0.5, 0.6) is 17.2 Å². The van der Waals surface area contributed by atoms with E-state index in [9.17, 15) is 5.11 Å². The van der Waals surface area contributed by atoms with Gasteiger partial charge in [-0.2, -0.15) is 0 Å². The number of anilines is 1. The average molecular weight is 354 g/mol. The molecule has 0 saturated heterocycles. The molecule has 0 aromatic heterocycles. The molecule has 0 aliphatic heterocycles. The third kappa shape index (κ3) is 4.47. The average Bonchev–Trinajstić information content (AvgIpc) is 2.56. The van der Waals surface area contributed by atoms with Crippen molar-refractivity contribution < 1.29 is 14.6 Å². The van der Waals surface area contributed by atoms with Gasteiger partial charge in [0.25, 0.3) is 0 Å². The molecule has 23 heavy (non-hydrogen) atoms. The van der Waals surface area contributed by atoms with Crippen molar-refractivity contribution in [3.05, 3.63) is 58.6 Å². The Hall–Kier alpha value is -2.04. The predicted octanol–water partition coefficient (Wildman–Crippen LogP) is 4.88. The molecule has 0 aliphatic carbocycles. The molecule has 2 rings (SSSR count). The summed E-state index contributed by atoms with van der Waals surface area (Å²) in [6, 6.07) is 8.88. The summed E-state index contributed by atoms with van der Waals surface area (Å²) in [4.78, 5) is 0. The highest BCUT2D eigenvalue weighted by Gasteiger charge is 2.08. The highest BCUT2D eigenvalue weighted by molar-refractivity contribution is 6.37. The second-order valence-corrected chi connectivity index (χ2v) is 5.54. The lowest BCUT2D eigenvalue weighted by atomic mass is 10.2. The summed E-state index contributed by atoms with van der Waals surface area (Å²) < 4.78 is 10.8. The first-order valence-corrected chi connectivity index (χ1v) is 7.63. The number of hydrogen-bond donors (Lipinski definition) is 2. The van der Waals surface area contributed by atoms with Crippen LogP contribution in [0.2, 0.25) is 10.0 Å². The van der Waals surface area contributed by atoms with Gasteiger partial charge in [-0.15, -0.1) is 0 Å². The van der Waals surface area contributed by atoms with Crippen molar-refractivity contribution in [1.82, 2.24) is 0 Å². The number of ether oxygens (including phenoxy) is 2. The molecular formula is C17H17Cl2NO3. The van der Waals surface area contributed by atoms with Crippen LogP contribution in [-0.4, -0.2) is 18.8 Å². The van der Waals surface area contributed by atoms with E-state index in [-0.39, 0.29) is 15.8 Å². The highest BCUT2D eigenvalue weighted by Crippen LogP contribution is 2.35. The number of phenols is 1. The lowest BCUT2D eigenvalue weighted by Gasteiger charge is -2.13. The number of rotatable bonds is 7. The largest absolute Gasteiger partial charge is 0.505 e. The van der Waals surface area contributed by atoms with E-state index in [2.05, 4.69) is 11.9 Å². The Morgan fingerprint density at radius 2 is 1.87 bits per heavy atom. The molecule has 0 bridgehead atoms. The molecule has 0 spiro atoms. The van der Waals surface area contributed by atoms with Crippen LogP contribution >= 0.6 is 23.2 Å². The smallest absolute Gasteiger partial charge is 0.161 e. The second-order valence-electron chi connectivity index (χ2n) is 4.73. The van der Waals surface area contributed by atoms with Gasteiger partial charge >= 0.3 is 0 Å². The van der Waals surface area contributed by atoms with E-state index in [0.29, 0.717) is 30.3 Å². The third-order valence-corrected chi connectivity index (χ3v) is 3.67. The Bertz CT molecular complexity index is 681. The molecule has 0 atom stereocenters. The van der Waals surface area contributed by atoms with Gasteiger partial charge in [-0.1, -0.05) is 41.9 Å². The topological polar surface area (TPSA) is 50.7 Å². The van der Waals surface area contributed by atoms with Crippen molar-refractivity contribution >= 4 is 28.9 Å². The van der Waals surface area contributed by atoms with Crippen LogP contribution in [0.4, 0.5) is 5.69 Å². The molecule has 0 aliphatic rings. The minimum Gasteiger partial charge on any atom is -0.505 e. The predicted molar refractivity (Wildman–Crippen MR) is 94.1 cm³/mol. The van der Waals surface area contributed by atoms with Crippen molar-refractivity contribution in [2.45, 2.75) is 6.54 Å². The lowest BCUT2D eigenvalue weighted by Crippen LogP contribution is -2.01. The Kier molecular flexibility index (Phi) is 6.02. The van der Waals surface area contributed by atoms with Crippen LogP contribution in [0.25, 0.3) is 0 Å². The van der Waals surface area contributed by atoms with Crippen LogP contribution < -0.4 is 14.8 Å². The Morgan fingerprint density at radius 1 is 1.17 bits per heavy atom. The molecule has 2 N–H and O–H groups in total. The van der Waals surface area contributed by atoms with Crippen molar-refractivity contribution in [2.75, 3.05) is 19.0 Å². The zero-order valence-electron chi connectivity index (χ0n) is 12.6. The number of phenolic OH excluding ortho intramolecular Hbond substituents is 1. The number of hydrogen-bond acceptors (Lipinski definition) is 4. The van der Waals surface area contributed by atoms with Gasteiger partial charge in [0.05, 0.1) is 17.2 Å². The third-order valence-electron chi connectivity index (χ3n) is 3.10. The molecular weight excluding hydrogens is 337 g/mol. The van der Waals surface area contributed by atoms with Gasteiger partial charge in [0.2, 0.25) is 0 Å². The van der Waals surface area contributed by atoms with E-state index in [1.54, 1.807) is 25.3 Å². The molecule has 0 heterocycles. The first-order chi connectivity index (χ1) is 11.0. The maximum Gasteiger partial charge on any atom is 0.161 e. The summed E-state index contributed by atoms with van der Waals surface area (Å²) >= 11 is 11.8. The minimum atomic E-state index is -0.121. The van der Waals surface area contributed by atoms with E-state index in [0.717, 1.165) is 5.56 Å². The number of nitrogens with one attached hydrogen (secondary N) is 1. The van der Waals surface area contributed by atoms with Crippen molar-refractivity contribution in [2.24, 2.45) is 0 Å². The number of benzene rings is 2. The standard InChI is InChI=1S/C17H17Cl2NO3/c1-3-6-23-15-5-4-11(7-16(15)22-2)10-20-12-8-13(18)17(21)14(19)9-12/h3-5,7-9,20-21H,1,6,10H2,2H3.